The molecule has 0 spiro atoms. The van der Waals surface area contributed by atoms with Gasteiger partial charge in [0.15, 0.2) is 0 Å². The number of hydrogen-bond donors (Lipinski definition) is 1. The third kappa shape index (κ3) is 1.80. The summed E-state index contributed by atoms with van der Waals surface area (Å²) in [6, 6.07) is 9.89. The highest BCUT2D eigenvalue weighted by molar-refractivity contribution is 5.71. The molecule has 0 aliphatic heterocycles. The first-order valence-electron chi connectivity index (χ1n) is 5.15. The van der Waals surface area contributed by atoms with Crippen LogP contribution >= 0.6 is 0 Å². The largest absolute Gasteiger partial charge is 0.278 e. The molecule has 6 nitrogen and oxygen atoms in total. The van der Waals surface area contributed by atoms with Crippen molar-refractivity contribution in [2.45, 2.75) is 6.54 Å². The molecule has 1 N–H and O–H groups in total. The Morgan fingerprint density at radius 3 is 2.82 bits per heavy atom. The van der Waals surface area contributed by atoms with Crippen molar-refractivity contribution in [2.24, 2.45) is 0 Å². The number of nitrogens with zero attached hydrogens (tertiary/aromatic N) is 4. The molecule has 0 unspecified atom stereocenters. The van der Waals surface area contributed by atoms with Crippen LogP contribution in [-0.2, 0) is 6.54 Å². The molecule has 0 aliphatic carbocycles. The van der Waals surface area contributed by atoms with E-state index in [1.54, 1.807) is 10.9 Å². The molecule has 2 heterocycles. The zero-order valence-corrected chi connectivity index (χ0v) is 8.87. The van der Waals surface area contributed by atoms with Gasteiger partial charge in [-0.1, -0.05) is 35.5 Å². The minimum atomic E-state index is -0.269. The van der Waals surface area contributed by atoms with E-state index in [0.29, 0.717) is 17.6 Å². The second kappa shape index (κ2) is 3.82. The highest BCUT2D eigenvalue weighted by Gasteiger charge is 2.05. The lowest BCUT2D eigenvalue weighted by atomic mass is 10.2. The SMILES string of the molecule is O=c1[nH]nnc2nn(Cc3ccccc3)cc12. The Morgan fingerprint density at radius 1 is 1.24 bits per heavy atom. The maximum atomic E-state index is 11.4. The number of H-pyrrole nitrogens is 1. The van der Waals surface area contributed by atoms with Gasteiger partial charge >= 0.3 is 0 Å². The molecule has 17 heavy (non-hydrogen) atoms. The zero-order valence-electron chi connectivity index (χ0n) is 8.87. The van der Waals surface area contributed by atoms with Crippen LogP contribution in [0.5, 0.6) is 0 Å². The second-order valence-corrected chi connectivity index (χ2v) is 3.69. The molecule has 0 radical (unpaired) electrons. The molecule has 2 aromatic heterocycles. The van der Waals surface area contributed by atoms with E-state index in [0.717, 1.165) is 5.56 Å². The molecule has 0 bridgehead atoms. The van der Waals surface area contributed by atoms with Crippen molar-refractivity contribution in [1.29, 1.82) is 0 Å². The maximum absolute atomic E-state index is 11.4. The van der Waals surface area contributed by atoms with Gasteiger partial charge in [-0.25, -0.2) is 5.10 Å². The van der Waals surface area contributed by atoms with E-state index in [1.165, 1.54) is 0 Å². The first-order chi connectivity index (χ1) is 8.33. The van der Waals surface area contributed by atoms with Crippen molar-refractivity contribution in [3.05, 3.63) is 52.4 Å². The van der Waals surface area contributed by atoms with Gasteiger partial charge in [-0.15, -0.1) is 10.2 Å². The number of fused-ring (bicyclic) bond motifs is 1. The lowest BCUT2D eigenvalue weighted by Crippen LogP contribution is -2.08. The summed E-state index contributed by atoms with van der Waals surface area (Å²) in [6.45, 7) is 0.608. The van der Waals surface area contributed by atoms with E-state index < -0.39 is 0 Å². The number of benzene rings is 1. The van der Waals surface area contributed by atoms with E-state index in [-0.39, 0.29) is 5.56 Å². The molecule has 0 fully saturated rings. The minimum Gasteiger partial charge on any atom is -0.267 e. The Labute approximate surface area is 95.9 Å². The molecule has 0 saturated heterocycles. The predicted octanol–water partition coefficient (Wildman–Crippen LogP) is 0.563. The minimum absolute atomic E-state index is 0.269. The molecule has 1 aromatic carbocycles. The Morgan fingerprint density at radius 2 is 2.06 bits per heavy atom. The molecule has 3 aromatic rings. The van der Waals surface area contributed by atoms with Crippen molar-refractivity contribution in [1.82, 2.24) is 25.2 Å². The number of aromatic nitrogens is 5. The summed E-state index contributed by atoms with van der Waals surface area (Å²) in [6.07, 6.45) is 1.68. The number of aromatic amines is 1. The fourth-order valence-corrected chi connectivity index (χ4v) is 1.67. The predicted molar refractivity (Wildman–Crippen MR) is 61.5 cm³/mol. The molecular formula is C11H9N5O. The highest BCUT2D eigenvalue weighted by Crippen LogP contribution is 2.05. The van der Waals surface area contributed by atoms with Gasteiger partial charge in [0.2, 0.25) is 5.65 Å². The van der Waals surface area contributed by atoms with Crippen LogP contribution in [0.4, 0.5) is 0 Å². The van der Waals surface area contributed by atoms with Crippen molar-refractivity contribution in [3.63, 3.8) is 0 Å². The van der Waals surface area contributed by atoms with Crippen LogP contribution in [-0.4, -0.2) is 25.2 Å². The summed E-state index contributed by atoms with van der Waals surface area (Å²) in [7, 11) is 0. The van der Waals surface area contributed by atoms with Crippen LogP contribution in [0, 0.1) is 0 Å². The average molecular weight is 227 g/mol. The van der Waals surface area contributed by atoms with Gasteiger partial charge in [-0.3, -0.25) is 9.48 Å². The quantitative estimate of drug-likeness (QED) is 0.694. The maximum Gasteiger partial charge on any atom is 0.278 e. The molecule has 0 amide bonds. The summed E-state index contributed by atoms with van der Waals surface area (Å²) >= 11 is 0. The summed E-state index contributed by atoms with van der Waals surface area (Å²) < 4.78 is 1.68. The van der Waals surface area contributed by atoms with Gasteiger partial charge in [0, 0.05) is 6.20 Å². The summed E-state index contributed by atoms with van der Waals surface area (Å²) in [5.41, 5.74) is 1.21. The molecule has 0 aliphatic rings. The summed E-state index contributed by atoms with van der Waals surface area (Å²) in [4.78, 5) is 11.4. The van der Waals surface area contributed by atoms with Crippen molar-refractivity contribution >= 4 is 11.0 Å². The monoisotopic (exact) mass is 227 g/mol. The lowest BCUT2D eigenvalue weighted by Gasteiger charge is -1.99. The number of rotatable bonds is 2. The van der Waals surface area contributed by atoms with Crippen LogP contribution in [0.1, 0.15) is 5.56 Å². The van der Waals surface area contributed by atoms with E-state index in [9.17, 15) is 4.79 Å². The second-order valence-electron chi connectivity index (χ2n) is 3.69. The number of nitrogens with one attached hydrogen (secondary N) is 1. The van der Waals surface area contributed by atoms with Crippen LogP contribution in [0.3, 0.4) is 0 Å². The molecule has 3 rings (SSSR count). The lowest BCUT2D eigenvalue weighted by molar-refractivity contribution is 0.691. The summed E-state index contributed by atoms with van der Waals surface area (Å²) in [5.74, 6) is 0. The third-order valence-corrected chi connectivity index (χ3v) is 2.47. The van der Waals surface area contributed by atoms with Gasteiger partial charge in [-0.2, -0.15) is 0 Å². The van der Waals surface area contributed by atoms with Gasteiger partial charge in [0.25, 0.3) is 5.56 Å². The van der Waals surface area contributed by atoms with E-state index in [2.05, 4.69) is 20.5 Å². The van der Waals surface area contributed by atoms with Crippen LogP contribution < -0.4 is 5.56 Å². The smallest absolute Gasteiger partial charge is 0.267 e. The number of hydrogen-bond acceptors (Lipinski definition) is 4. The highest BCUT2D eigenvalue weighted by atomic mass is 16.1. The van der Waals surface area contributed by atoms with Crippen LogP contribution in [0.2, 0.25) is 0 Å². The Balaban J connectivity index is 2.02. The van der Waals surface area contributed by atoms with E-state index >= 15 is 0 Å². The van der Waals surface area contributed by atoms with Gasteiger partial charge in [0.1, 0.15) is 5.39 Å². The van der Waals surface area contributed by atoms with Crippen LogP contribution in [0.15, 0.2) is 41.3 Å². The molecular weight excluding hydrogens is 218 g/mol. The average Bonchev–Trinajstić information content (AvgIpc) is 2.74. The zero-order chi connectivity index (χ0) is 11.7. The standard InChI is InChI=1S/C11H9N5O/c17-11-9-7-16(14-10(9)12-15-13-11)6-8-4-2-1-3-5-8/h1-5,7H,6H2,(H,12,13,14,17). The van der Waals surface area contributed by atoms with Crippen molar-refractivity contribution in [2.75, 3.05) is 0 Å². The van der Waals surface area contributed by atoms with E-state index in [4.69, 9.17) is 0 Å². The molecule has 0 atom stereocenters. The van der Waals surface area contributed by atoms with Gasteiger partial charge in [0.05, 0.1) is 6.54 Å². The molecule has 0 saturated carbocycles. The molecule has 6 heteroatoms. The Hall–Kier alpha value is -2.50. The Bertz CT molecular complexity index is 700. The van der Waals surface area contributed by atoms with Gasteiger partial charge < -0.3 is 0 Å². The van der Waals surface area contributed by atoms with E-state index in [1.807, 2.05) is 30.3 Å². The first kappa shape index (κ1) is 9.71. The fourth-order valence-electron chi connectivity index (χ4n) is 1.67. The fraction of sp³-hybridized carbons (Fsp3) is 0.0909. The molecule has 84 valence electrons. The Kier molecular flexibility index (Phi) is 2.18. The normalized spacial score (nSPS) is 10.8. The van der Waals surface area contributed by atoms with Gasteiger partial charge in [-0.05, 0) is 5.56 Å². The third-order valence-electron chi connectivity index (χ3n) is 2.47. The topological polar surface area (TPSA) is 76.5 Å². The van der Waals surface area contributed by atoms with Crippen molar-refractivity contribution < 1.29 is 0 Å². The van der Waals surface area contributed by atoms with Crippen LogP contribution in [0.25, 0.3) is 11.0 Å². The van der Waals surface area contributed by atoms with Crippen molar-refractivity contribution in [3.8, 4) is 0 Å². The first-order valence-corrected chi connectivity index (χ1v) is 5.15. The summed E-state index contributed by atoms with van der Waals surface area (Å²) in [5, 5.41) is 14.2.